The van der Waals surface area contributed by atoms with Crippen LogP contribution in [-0.4, -0.2) is 32.6 Å². The van der Waals surface area contributed by atoms with Crippen molar-refractivity contribution in [2.24, 2.45) is 0 Å². The van der Waals surface area contributed by atoms with Gasteiger partial charge in [0.25, 0.3) is 0 Å². The fraction of sp³-hybridized carbons (Fsp3) is 0.600. The molecule has 1 aromatic rings. The zero-order valence-electron chi connectivity index (χ0n) is 16.2. The first-order valence-corrected chi connectivity index (χ1v) is 9.43. The Morgan fingerprint density at radius 1 is 0.885 bits per heavy atom. The molecule has 6 nitrogen and oxygen atoms in total. The monoisotopic (exact) mass is 364 g/mol. The number of hydrogen-bond donors (Lipinski definition) is 2. The highest BCUT2D eigenvalue weighted by Gasteiger charge is 2.15. The number of unbranched alkanes of at least 4 members (excludes halogenated alkanes) is 7. The van der Waals surface area contributed by atoms with E-state index in [0.717, 1.165) is 12.8 Å². The molecular formula is C20H32N2O4. The number of carbonyl (C=O) groups excluding carboxylic acids is 2. The Balaban J connectivity index is 2.28. The summed E-state index contributed by atoms with van der Waals surface area (Å²) >= 11 is 0. The molecule has 0 aromatic heterocycles. The third kappa shape index (κ3) is 8.23. The van der Waals surface area contributed by atoms with Crippen LogP contribution in [0.25, 0.3) is 0 Å². The molecule has 0 saturated heterocycles. The largest absolute Gasteiger partial charge is 0.497 e. The Labute approximate surface area is 156 Å². The average Bonchev–Trinajstić information content (AvgIpc) is 2.66. The molecule has 6 heteroatoms. The average molecular weight is 364 g/mol. The number of rotatable bonds is 12. The summed E-state index contributed by atoms with van der Waals surface area (Å²) < 4.78 is 10.3. The van der Waals surface area contributed by atoms with Crippen LogP contribution >= 0.6 is 0 Å². The van der Waals surface area contributed by atoms with Crippen LogP contribution in [0.4, 0.5) is 5.69 Å². The summed E-state index contributed by atoms with van der Waals surface area (Å²) in [6.45, 7) is 2.72. The van der Waals surface area contributed by atoms with Gasteiger partial charge in [0, 0.05) is 12.6 Å². The molecule has 1 rings (SSSR count). The number of carbonyl (C=O) groups is 2. The minimum absolute atomic E-state index is 0.402. The minimum Gasteiger partial charge on any atom is -0.497 e. The summed E-state index contributed by atoms with van der Waals surface area (Å²) in [5, 5.41) is 5.22. The Morgan fingerprint density at radius 2 is 1.54 bits per heavy atom. The molecule has 1 aromatic carbocycles. The zero-order chi connectivity index (χ0) is 19.2. The maximum Gasteiger partial charge on any atom is 0.313 e. The highest BCUT2D eigenvalue weighted by Crippen LogP contribution is 2.28. The van der Waals surface area contributed by atoms with Crippen LogP contribution < -0.4 is 20.1 Å². The Kier molecular flexibility index (Phi) is 10.9. The zero-order valence-corrected chi connectivity index (χ0v) is 16.2. The molecule has 0 heterocycles. The van der Waals surface area contributed by atoms with Crippen molar-refractivity contribution in [2.45, 2.75) is 58.3 Å². The third-order valence-electron chi connectivity index (χ3n) is 4.18. The highest BCUT2D eigenvalue weighted by atomic mass is 16.5. The van der Waals surface area contributed by atoms with E-state index in [-0.39, 0.29) is 0 Å². The maximum absolute atomic E-state index is 12.0. The first-order chi connectivity index (χ1) is 12.6. The van der Waals surface area contributed by atoms with E-state index < -0.39 is 11.8 Å². The lowest BCUT2D eigenvalue weighted by Gasteiger charge is -2.11. The predicted molar refractivity (Wildman–Crippen MR) is 104 cm³/mol. The lowest BCUT2D eigenvalue weighted by Crippen LogP contribution is -2.36. The van der Waals surface area contributed by atoms with Crippen molar-refractivity contribution >= 4 is 17.5 Å². The van der Waals surface area contributed by atoms with Crippen LogP contribution in [0.1, 0.15) is 58.3 Å². The molecule has 0 spiro atoms. The second-order valence-electron chi connectivity index (χ2n) is 6.25. The van der Waals surface area contributed by atoms with E-state index in [2.05, 4.69) is 17.6 Å². The fourth-order valence-corrected chi connectivity index (χ4v) is 2.63. The lowest BCUT2D eigenvalue weighted by molar-refractivity contribution is -0.136. The number of hydrogen-bond acceptors (Lipinski definition) is 4. The number of amides is 2. The number of anilines is 1. The second-order valence-corrected chi connectivity index (χ2v) is 6.25. The van der Waals surface area contributed by atoms with Crippen molar-refractivity contribution in [1.82, 2.24) is 5.32 Å². The molecule has 0 bridgehead atoms. The van der Waals surface area contributed by atoms with E-state index >= 15 is 0 Å². The van der Waals surface area contributed by atoms with Crippen molar-refractivity contribution in [1.29, 1.82) is 0 Å². The molecule has 2 amide bonds. The highest BCUT2D eigenvalue weighted by molar-refractivity contribution is 6.39. The standard InChI is InChI=1S/C20H32N2O4/c1-4-5-6-7-8-9-10-11-14-21-19(23)20(24)22-17-15-16(25-2)12-13-18(17)26-3/h12-13,15H,4-11,14H2,1-3H3,(H,21,23)(H,22,24). The van der Waals surface area contributed by atoms with Gasteiger partial charge in [-0.3, -0.25) is 9.59 Å². The molecule has 0 radical (unpaired) electrons. The van der Waals surface area contributed by atoms with Crippen LogP contribution in [0, 0.1) is 0 Å². The van der Waals surface area contributed by atoms with Gasteiger partial charge in [0.2, 0.25) is 0 Å². The molecule has 0 unspecified atom stereocenters. The number of methoxy groups -OCH3 is 2. The van der Waals surface area contributed by atoms with Gasteiger partial charge in [0.05, 0.1) is 19.9 Å². The van der Waals surface area contributed by atoms with Crippen molar-refractivity contribution in [3.8, 4) is 11.5 Å². The molecular weight excluding hydrogens is 332 g/mol. The van der Waals surface area contributed by atoms with Gasteiger partial charge >= 0.3 is 11.8 Å². The third-order valence-corrected chi connectivity index (χ3v) is 4.18. The molecule has 0 fully saturated rings. The Hall–Kier alpha value is -2.24. The van der Waals surface area contributed by atoms with Gasteiger partial charge in [0.1, 0.15) is 11.5 Å². The molecule has 0 aliphatic heterocycles. The lowest BCUT2D eigenvalue weighted by atomic mass is 10.1. The number of benzene rings is 1. The maximum atomic E-state index is 12.0. The molecule has 0 aliphatic rings. The smallest absolute Gasteiger partial charge is 0.313 e. The summed E-state index contributed by atoms with van der Waals surface area (Å²) in [4.78, 5) is 23.9. The summed E-state index contributed by atoms with van der Waals surface area (Å²) in [5.74, 6) is -0.315. The van der Waals surface area contributed by atoms with Gasteiger partial charge in [-0.2, -0.15) is 0 Å². The van der Waals surface area contributed by atoms with Gasteiger partial charge < -0.3 is 20.1 Å². The van der Waals surface area contributed by atoms with Crippen LogP contribution in [0.3, 0.4) is 0 Å². The molecule has 0 saturated carbocycles. The predicted octanol–water partition coefficient (Wildman–Crippen LogP) is 3.90. The molecule has 2 N–H and O–H groups in total. The Bertz CT molecular complexity index is 561. The Morgan fingerprint density at radius 3 is 2.15 bits per heavy atom. The van der Waals surface area contributed by atoms with E-state index in [9.17, 15) is 9.59 Å². The summed E-state index contributed by atoms with van der Waals surface area (Å²) in [5.41, 5.74) is 0.402. The van der Waals surface area contributed by atoms with Crippen molar-refractivity contribution in [2.75, 3.05) is 26.1 Å². The summed E-state index contributed by atoms with van der Waals surface area (Å²) in [7, 11) is 3.03. The SMILES string of the molecule is CCCCCCCCCCNC(=O)C(=O)Nc1cc(OC)ccc1OC. The van der Waals surface area contributed by atoms with Gasteiger partial charge in [-0.1, -0.05) is 51.9 Å². The van der Waals surface area contributed by atoms with Crippen molar-refractivity contribution < 1.29 is 19.1 Å². The van der Waals surface area contributed by atoms with E-state index in [1.807, 2.05) is 0 Å². The van der Waals surface area contributed by atoms with Crippen LogP contribution in [0.5, 0.6) is 11.5 Å². The van der Waals surface area contributed by atoms with E-state index in [1.165, 1.54) is 52.7 Å². The van der Waals surface area contributed by atoms with Crippen molar-refractivity contribution in [3.63, 3.8) is 0 Å². The summed E-state index contributed by atoms with van der Waals surface area (Å²) in [6.07, 6.45) is 9.52. The first-order valence-electron chi connectivity index (χ1n) is 9.43. The van der Waals surface area contributed by atoms with E-state index in [0.29, 0.717) is 23.7 Å². The van der Waals surface area contributed by atoms with Crippen molar-refractivity contribution in [3.05, 3.63) is 18.2 Å². The summed E-state index contributed by atoms with van der Waals surface area (Å²) in [6, 6.07) is 5.01. The minimum atomic E-state index is -0.712. The van der Waals surface area contributed by atoms with Gasteiger partial charge in [-0.25, -0.2) is 0 Å². The second kappa shape index (κ2) is 13.0. The van der Waals surface area contributed by atoms with Crippen LogP contribution in [0.15, 0.2) is 18.2 Å². The number of ether oxygens (including phenoxy) is 2. The quantitative estimate of drug-likeness (QED) is 0.436. The molecule has 146 valence electrons. The first kappa shape index (κ1) is 21.8. The van der Waals surface area contributed by atoms with E-state index in [1.54, 1.807) is 18.2 Å². The fourth-order valence-electron chi connectivity index (χ4n) is 2.63. The van der Waals surface area contributed by atoms with E-state index in [4.69, 9.17) is 9.47 Å². The molecule has 0 aliphatic carbocycles. The normalized spacial score (nSPS) is 10.3. The van der Waals surface area contributed by atoms with Gasteiger partial charge in [0.15, 0.2) is 0 Å². The van der Waals surface area contributed by atoms with Crippen LogP contribution in [-0.2, 0) is 9.59 Å². The molecule has 0 atom stereocenters. The van der Waals surface area contributed by atoms with Gasteiger partial charge in [-0.15, -0.1) is 0 Å². The topological polar surface area (TPSA) is 76.7 Å². The number of nitrogens with one attached hydrogen (secondary N) is 2. The van der Waals surface area contributed by atoms with Gasteiger partial charge in [-0.05, 0) is 18.6 Å². The van der Waals surface area contributed by atoms with Crippen LogP contribution in [0.2, 0.25) is 0 Å². The molecule has 26 heavy (non-hydrogen) atoms.